The van der Waals surface area contributed by atoms with Crippen LogP contribution >= 0.6 is 11.6 Å². The Hall–Kier alpha value is -1.30. The topological polar surface area (TPSA) is 59.6 Å². The molecule has 1 aliphatic rings. The highest BCUT2D eigenvalue weighted by molar-refractivity contribution is 6.32. The molecule has 1 aromatic rings. The van der Waals surface area contributed by atoms with Gasteiger partial charge in [0.1, 0.15) is 0 Å². The molecule has 0 radical (unpaired) electrons. The fourth-order valence-corrected chi connectivity index (χ4v) is 2.36. The molecule has 6 heteroatoms. The molecule has 1 amide bonds. The predicted octanol–water partition coefficient (Wildman–Crippen LogP) is 2.44. The Kier molecular flexibility index (Phi) is 5.85. The van der Waals surface area contributed by atoms with Crippen LogP contribution in [-0.4, -0.2) is 37.8 Å². The van der Waals surface area contributed by atoms with E-state index < -0.39 is 0 Å². The Balaban J connectivity index is 2.01. The van der Waals surface area contributed by atoms with Crippen molar-refractivity contribution in [3.63, 3.8) is 0 Å². The smallest absolute Gasteiger partial charge is 0.226 e. The molecule has 0 aliphatic carbocycles. The van der Waals surface area contributed by atoms with E-state index in [1.807, 2.05) is 13.8 Å². The molecule has 1 atom stereocenters. The van der Waals surface area contributed by atoms with E-state index in [0.29, 0.717) is 36.1 Å². The molecule has 5 nitrogen and oxygen atoms in total. The average Bonchev–Trinajstić information content (AvgIpc) is 2.43. The van der Waals surface area contributed by atoms with E-state index in [1.165, 1.54) is 0 Å². The van der Waals surface area contributed by atoms with Gasteiger partial charge in [-0.1, -0.05) is 17.7 Å². The number of hydrogen-bond donors (Lipinski definition) is 2. The van der Waals surface area contributed by atoms with Crippen molar-refractivity contribution in [2.24, 2.45) is 0 Å². The van der Waals surface area contributed by atoms with Crippen LogP contribution in [0.3, 0.4) is 0 Å². The molecular weight excluding hydrogens is 292 g/mol. The molecule has 1 unspecified atom stereocenters. The van der Waals surface area contributed by atoms with Crippen LogP contribution in [0.1, 0.15) is 20.3 Å². The molecule has 1 saturated heterocycles. The summed E-state index contributed by atoms with van der Waals surface area (Å²) in [7, 11) is 0. The number of amides is 1. The van der Waals surface area contributed by atoms with Crippen LogP contribution in [0.4, 0.5) is 5.69 Å². The van der Waals surface area contributed by atoms with Gasteiger partial charge < -0.3 is 20.1 Å². The van der Waals surface area contributed by atoms with Gasteiger partial charge in [-0.05, 0) is 26.0 Å². The lowest BCUT2D eigenvalue weighted by Crippen LogP contribution is -2.43. The Morgan fingerprint density at radius 2 is 2.38 bits per heavy atom. The van der Waals surface area contributed by atoms with Crippen molar-refractivity contribution in [1.82, 2.24) is 5.32 Å². The zero-order valence-electron chi connectivity index (χ0n) is 12.3. The van der Waals surface area contributed by atoms with Gasteiger partial charge in [0.25, 0.3) is 0 Å². The number of nitrogens with one attached hydrogen (secondary N) is 2. The molecule has 1 fully saturated rings. The SMILES string of the molecule is CC(C)Oc1c(Cl)cccc1NC(=O)CC1COCCN1. The van der Waals surface area contributed by atoms with Gasteiger partial charge >= 0.3 is 0 Å². The minimum absolute atomic E-state index is 0.0195. The van der Waals surface area contributed by atoms with E-state index in [-0.39, 0.29) is 18.1 Å². The third kappa shape index (κ3) is 4.88. The predicted molar refractivity (Wildman–Crippen MR) is 83.1 cm³/mol. The summed E-state index contributed by atoms with van der Waals surface area (Å²) in [5, 5.41) is 6.60. The lowest BCUT2D eigenvalue weighted by molar-refractivity contribution is -0.117. The lowest BCUT2D eigenvalue weighted by Gasteiger charge is -2.23. The zero-order chi connectivity index (χ0) is 15.2. The van der Waals surface area contributed by atoms with Gasteiger partial charge in [-0.3, -0.25) is 4.79 Å². The number of morpholine rings is 1. The largest absolute Gasteiger partial charge is 0.487 e. The number of carbonyl (C=O) groups is 1. The van der Waals surface area contributed by atoms with E-state index in [0.717, 1.165) is 6.54 Å². The maximum atomic E-state index is 12.1. The second-order valence-electron chi connectivity index (χ2n) is 5.26. The number of benzene rings is 1. The van der Waals surface area contributed by atoms with Crippen molar-refractivity contribution in [3.05, 3.63) is 23.2 Å². The minimum atomic E-state index is -0.0890. The standard InChI is InChI=1S/C15H21ClN2O3/c1-10(2)21-15-12(16)4-3-5-13(15)18-14(19)8-11-9-20-7-6-17-11/h3-5,10-11,17H,6-9H2,1-2H3,(H,18,19). The summed E-state index contributed by atoms with van der Waals surface area (Å²) in [6.45, 7) is 5.85. The van der Waals surface area contributed by atoms with Gasteiger partial charge in [0.2, 0.25) is 5.91 Å². The van der Waals surface area contributed by atoms with E-state index in [1.54, 1.807) is 18.2 Å². The quantitative estimate of drug-likeness (QED) is 0.877. The molecule has 21 heavy (non-hydrogen) atoms. The number of hydrogen-bond acceptors (Lipinski definition) is 4. The monoisotopic (exact) mass is 312 g/mol. The Morgan fingerprint density at radius 3 is 3.05 bits per heavy atom. The van der Waals surface area contributed by atoms with Crippen molar-refractivity contribution in [2.45, 2.75) is 32.4 Å². The van der Waals surface area contributed by atoms with Gasteiger partial charge in [-0.25, -0.2) is 0 Å². The van der Waals surface area contributed by atoms with E-state index in [9.17, 15) is 4.79 Å². The van der Waals surface area contributed by atoms with Crippen LogP contribution in [-0.2, 0) is 9.53 Å². The van der Waals surface area contributed by atoms with E-state index in [2.05, 4.69) is 10.6 Å². The van der Waals surface area contributed by atoms with Gasteiger partial charge in [0.05, 0.1) is 30.0 Å². The van der Waals surface area contributed by atoms with Crippen LogP contribution in [0.15, 0.2) is 18.2 Å². The van der Waals surface area contributed by atoms with Crippen LogP contribution in [0, 0.1) is 0 Å². The molecule has 2 N–H and O–H groups in total. The molecule has 2 rings (SSSR count). The van der Waals surface area contributed by atoms with Crippen LogP contribution < -0.4 is 15.4 Å². The summed E-state index contributed by atoms with van der Waals surface area (Å²) < 4.78 is 11.0. The number of para-hydroxylation sites is 1. The fraction of sp³-hybridized carbons (Fsp3) is 0.533. The normalized spacial score (nSPS) is 18.6. The Labute approximate surface area is 130 Å². The van der Waals surface area contributed by atoms with Crippen LogP contribution in [0.25, 0.3) is 0 Å². The lowest BCUT2D eigenvalue weighted by atomic mass is 10.2. The molecule has 0 saturated carbocycles. The number of rotatable bonds is 5. The third-order valence-corrected chi connectivity index (χ3v) is 3.32. The van der Waals surface area contributed by atoms with Crippen molar-refractivity contribution < 1.29 is 14.3 Å². The first-order chi connectivity index (χ1) is 10.1. The minimum Gasteiger partial charge on any atom is -0.487 e. The van der Waals surface area contributed by atoms with Gasteiger partial charge in [-0.2, -0.15) is 0 Å². The zero-order valence-corrected chi connectivity index (χ0v) is 13.1. The second kappa shape index (κ2) is 7.64. The highest BCUT2D eigenvalue weighted by Gasteiger charge is 2.18. The van der Waals surface area contributed by atoms with Gasteiger partial charge in [-0.15, -0.1) is 0 Å². The number of anilines is 1. The van der Waals surface area contributed by atoms with Gasteiger partial charge in [0, 0.05) is 19.0 Å². The first-order valence-corrected chi connectivity index (χ1v) is 7.50. The third-order valence-electron chi connectivity index (χ3n) is 3.02. The summed E-state index contributed by atoms with van der Waals surface area (Å²) in [6, 6.07) is 5.36. The van der Waals surface area contributed by atoms with E-state index in [4.69, 9.17) is 21.1 Å². The molecule has 1 aromatic carbocycles. The molecule has 1 aliphatic heterocycles. The summed E-state index contributed by atoms with van der Waals surface area (Å²) in [5.74, 6) is 0.421. The number of halogens is 1. The molecule has 116 valence electrons. The maximum Gasteiger partial charge on any atom is 0.226 e. The number of carbonyl (C=O) groups excluding carboxylic acids is 1. The molecule has 1 heterocycles. The summed E-state index contributed by atoms with van der Waals surface area (Å²) >= 11 is 6.14. The summed E-state index contributed by atoms with van der Waals surface area (Å²) in [5.41, 5.74) is 0.595. The highest BCUT2D eigenvalue weighted by Crippen LogP contribution is 2.33. The fourth-order valence-electron chi connectivity index (χ4n) is 2.14. The molecule has 0 spiro atoms. The summed E-state index contributed by atoms with van der Waals surface area (Å²) in [4.78, 5) is 12.1. The summed E-state index contributed by atoms with van der Waals surface area (Å²) in [6.07, 6.45) is 0.335. The second-order valence-corrected chi connectivity index (χ2v) is 5.67. The van der Waals surface area contributed by atoms with E-state index >= 15 is 0 Å². The van der Waals surface area contributed by atoms with Crippen molar-refractivity contribution >= 4 is 23.2 Å². The highest BCUT2D eigenvalue weighted by atomic mass is 35.5. The molecule has 0 aromatic heterocycles. The Bertz CT molecular complexity index is 488. The average molecular weight is 313 g/mol. The maximum absolute atomic E-state index is 12.1. The van der Waals surface area contributed by atoms with Crippen molar-refractivity contribution in [3.8, 4) is 5.75 Å². The molecular formula is C15H21ClN2O3. The first kappa shape index (κ1) is 16.1. The van der Waals surface area contributed by atoms with Gasteiger partial charge in [0.15, 0.2) is 5.75 Å². The van der Waals surface area contributed by atoms with Crippen molar-refractivity contribution in [1.29, 1.82) is 0 Å². The number of ether oxygens (including phenoxy) is 2. The van der Waals surface area contributed by atoms with Crippen molar-refractivity contribution in [2.75, 3.05) is 25.1 Å². The van der Waals surface area contributed by atoms with Crippen LogP contribution in [0.2, 0.25) is 5.02 Å². The van der Waals surface area contributed by atoms with Crippen LogP contribution in [0.5, 0.6) is 5.75 Å². The Morgan fingerprint density at radius 1 is 1.57 bits per heavy atom. The molecule has 0 bridgehead atoms. The first-order valence-electron chi connectivity index (χ1n) is 7.12.